The summed E-state index contributed by atoms with van der Waals surface area (Å²) in [5.41, 5.74) is 0.850. The summed E-state index contributed by atoms with van der Waals surface area (Å²) in [5.74, 6) is -3.30. The fourth-order valence-corrected chi connectivity index (χ4v) is 2.29. The second-order valence-corrected chi connectivity index (χ2v) is 5.73. The number of ketones is 1. The minimum atomic E-state index is -1.91. The predicted molar refractivity (Wildman–Crippen MR) is 93.1 cm³/mol. The van der Waals surface area contributed by atoms with E-state index in [1.54, 1.807) is 37.3 Å². The lowest BCUT2D eigenvalue weighted by Crippen LogP contribution is -2.31. The maximum Gasteiger partial charge on any atom is 0.335 e. The van der Waals surface area contributed by atoms with Gasteiger partial charge in [0.05, 0.1) is 5.56 Å². The minimum Gasteiger partial charge on any atom is -0.507 e. The van der Waals surface area contributed by atoms with Crippen molar-refractivity contribution < 1.29 is 24.5 Å². The summed E-state index contributed by atoms with van der Waals surface area (Å²) in [6, 6.07) is 12.6. The number of benzene rings is 2. The molecule has 0 bridgehead atoms. The number of phenols is 1. The topological polar surface area (TPSA) is 83.8 Å². The Kier molecular flexibility index (Phi) is 5.39. The van der Waals surface area contributed by atoms with E-state index >= 15 is 0 Å². The van der Waals surface area contributed by atoms with Gasteiger partial charge in [0, 0.05) is 23.1 Å². The highest BCUT2D eigenvalue weighted by Gasteiger charge is 2.33. The molecule has 2 aromatic rings. The number of rotatable bonds is 6. The van der Waals surface area contributed by atoms with Crippen LogP contribution in [0.25, 0.3) is 0 Å². The number of carbonyl (C=O) groups excluding carboxylic acids is 2. The van der Waals surface area contributed by atoms with E-state index in [-0.39, 0.29) is 34.7 Å². The van der Waals surface area contributed by atoms with Crippen LogP contribution in [0.2, 0.25) is 0 Å². The van der Waals surface area contributed by atoms with Crippen LogP contribution in [0.5, 0.6) is 5.75 Å². The molecule has 0 spiro atoms. The van der Waals surface area contributed by atoms with Gasteiger partial charge >= 0.3 is 5.97 Å². The standard InChI is InChI=1S/C20H20O5/c1-4-20(24,25-19(23)13(2)3)15-10-11-16(17(21)12-15)18(22)14-8-6-5-7-9-14/h5-12,21,24H,2,4H2,1,3H3. The Morgan fingerprint density at radius 1 is 1.16 bits per heavy atom. The van der Waals surface area contributed by atoms with Crippen molar-refractivity contribution in [1.82, 2.24) is 0 Å². The molecule has 0 saturated carbocycles. The second-order valence-electron chi connectivity index (χ2n) is 5.73. The minimum absolute atomic E-state index is 0.0669. The van der Waals surface area contributed by atoms with Crippen molar-refractivity contribution in [2.24, 2.45) is 0 Å². The van der Waals surface area contributed by atoms with E-state index in [9.17, 15) is 19.8 Å². The first-order valence-electron chi connectivity index (χ1n) is 7.83. The van der Waals surface area contributed by atoms with Crippen molar-refractivity contribution in [3.8, 4) is 5.75 Å². The van der Waals surface area contributed by atoms with Gasteiger partial charge in [-0.2, -0.15) is 0 Å². The lowest BCUT2D eigenvalue weighted by molar-refractivity contribution is -0.212. The van der Waals surface area contributed by atoms with Gasteiger partial charge in [0.2, 0.25) is 5.79 Å². The molecule has 5 heteroatoms. The largest absolute Gasteiger partial charge is 0.507 e. The number of phenolic OH excluding ortho intramolecular Hbond substituents is 1. The van der Waals surface area contributed by atoms with Crippen molar-refractivity contribution in [2.75, 3.05) is 0 Å². The van der Waals surface area contributed by atoms with Gasteiger partial charge < -0.3 is 14.9 Å². The molecule has 2 N–H and O–H groups in total. The van der Waals surface area contributed by atoms with Crippen molar-refractivity contribution in [3.05, 3.63) is 77.4 Å². The summed E-state index contributed by atoms with van der Waals surface area (Å²) in [6.45, 7) is 6.58. The van der Waals surface area contributed by atoms with E-state index in [4.69, 9.17) is 4.74 Å². The molecule has 5 nitrogen and oxygen atoms in total. The zero-order valence-corrected chi connectivity index (χ0v) is 14.2. The van der Waals surface area contributed by atoms with Crippen molar-refractivity contribution in [2.45, 2.75) is 26.1 Å². The molecule has 0 aliphatic rings. The van der Waals surface area contributed by atoms with Gasteiger partial charge in [0.15, 0.2) is 5.78 Å². The zero-order chi connectivity index (χ0) is 18.6. The van der Waals surface area contributed by atoms with Crippen LogP contribution in [0.4, 0.5) is 0 Å². The van der Waals surface area contributed by atoms with Gasteiger partial charge in [-0.05, 0) is 19.1 Å². The SMILES string of the molecule is C=C(C)C(=O)OC(O)(CC)c1ccc(C(=O)c2ccccc2)c(O)c1. The van der Waals surface area contributed by atoms with Crippen LogP contribution < -0.4 is 0 Å². The Hall–Kier alpha value is -2.92. The summed E-state index contributed by atoms with van der Waals surface area (Å²) in [4.78, 5) is 24.2. The highest BCUT2D eigenvalue weighted by molar-refractivity contribution is 6.10. The van der Waals surface area contributed by atoms with E-state index in [1.165, 1.54) is 25.1 Å². The third-order valence-corrected chi connectivity index (χ3v) is 3.82. The average molecular weight is 340 g/mol. The number of hydrogen-bond acceptors (Lipinski definition) is 5. The Balaban J connectivity index is 2.36. The lowest BCUT2D eigenvalue weighted by atomic mass is 9.97. The van der Waals surface area contributed by atoms with E-state index in [0.29, 0.717) is 5.56 Å². The van der Waals surface area contributed by atoms with Crippen LogP contribution in [0.15, 0.2) is 60.7 Å². The highest BCUT2D eigenvalue weighted by Crippen LogP contribution is 2.32. The molecular weight excluding hydrogens is 320 g/mol. The molecule has 130 valence electrons. The van der Waals surface area contributed by atoms with Crippen LogP contribution in [0.1, 0.15) is 41.8 Å². The summed E-state index contributed by atoms with van der Waals surface area (Å²) in [7, 11) is 0. The fraction of sp³-hybridized carbons (Fsp3) is 0.200. The van der Waals surface area contributed by atoms with Crippen LogP contribution in [-0.4, -0.2) is 22.0 Å². The van der Waals surface area contributed by atoms with E-state index in [1.807, 2.05) is 0 Å². The smallest absolute Gasteiger partial charge is 0.335 e. The molecule has 25 heavy (non-hydrogen) atoms. The third kappa shape index (κ3) is 3.95. The van der Waals surface area contributed by atoms with E-state index in [2.05, 4.69) is 6.58 Å². The number of aromatic hydroxyl groups is 1. The molecule has 0 saturated heterocycles. The summed E-state index contributed by atoms with van der Waals surface area (Å²) in [6.07, 6.45) is 0.0669. The Morgan fingerprint density at radius 2 is 1.80 bits per heavy atom. The summed E-state index contributed by atoms with van der Waals surface area (Å²) in [5, 5.41) is 20.8. The molecule has 0 aliphatic heterocycles. The van der Waals surface area contributed by atoms with Crippen LogP contribution in [-0.2, 0) is 15.3 Å². The molecule has 1 unspecified atom stereocenters. The molecule has 0 fully saturated rings. The number of ether oxygens (including phenoxy) is 1. The molecule has 1 atom stereocenters. The molecule has 0 aliphatic carbocycles. The van der Waals surface area contributed by atoms with Gasteiger partial charge in [-0.25, -0.2) is 4.79 Å². The van der Waals surface area contributed by atoms with Crippen LogP contribution in [0, 0.1) is 0 Å². The quantitative estimate of drug-likeness (QED) is 0.365. The van der Waals surface area contributed by atoms with Gasteiger partial charge in [0.25, 0.3) is 0 Å². The predicted octanol–water partition coefficient (Wildman–Crippen LogP) is 3.30. The fourth-order valence-electron chi connectivity index (χ4n) is 2.29. The summed E-state index contributed by atoms with van der Waals surface area (Å²) >= 11 is 0. The second kappa shape index (κ2) is 7.32. The van der Waals surface area contributed by atoms with Gasteiger partial charge in [-0.15, -0.1) is 0 Å². The molecule has 2 rings (SSSR count). The van der Waals surface area contributed by atoms with E-state index in [0.717, 1.165) is 0 Å². The average Bonchev–Trinajstić information content (AvgIpc) is 2.61. The Bertz CT molecular complexity index is 810. The maximum absolute atomic E-state index is 12.4. The third-order valence-electron chi connectivity index (χ3n) is 3.82. The summed E-state index contributed by atoms with van der Waals surface area (Å²) < 4.78 is 5.10. The molecule has 0 aromatic heterocycles. The number of carbonyl (C=O) groups is 2. The number of hydrogen-bond donors (Lipinski definition) is 2. The maximum atomic E-state index is 12.4. The lowest BCUT2D eigenvalue weighted by Gasteiger charge is -2.27. The molecule has 2 aromatic carbocycles. The van der Waals surface area contributed by atoms with Crippen LogP contribution in [0.3, 0.4) is 0 Å². The molecule has 0 heterocycles. The van der Waals surface area contributed by atoms with Crippen LogP contribution >= 0.6 is 0 Å². The van der Waals surface area contributed by atoms with Crippen molar-refractivity contribution in [1.29, 1.82) is 0 Å². The van der Waals surface area contributed by atoms with Gasteiger partial charge in [-0.3, -0.25) is 4.79 Å². The van der Waals surface area contributed by atoms with Gasteiger partial charge in [0.1, 0.15) is 5.75 Å². The molecule has 0 radical (unpaired) electrons. The highest BCUT2D eigenvalue weighted by atomic mass is 16.7. The number of esters is 1. The first-order valence-corrected chi connectivity index (χ1v) is 7.83. The van der Waals surface area contributed by atoms with Gasteiger partial charge in [-0.1, -0.05) is 49.9 Å². The number of aliphatic hydroxyl groups is 1. The normalized spacial score (nSPS) is 12.9. The zero-order valence-electron chi connectivity index (χ0n) is 14.2. The monoisotopic (exact) mass is 340 g/mol. The van der Waals surface area contributed by atoms with Crippen molar-refractivity contribution in [3.63, 3.8) is 0 Å². The first-order chi connectivity index (χ1) is 11.8. The van der Waals surface area contributed by atoms with Crippen molar-refractivity contribution >= 4 is 11.8 Å². The molecular formula is C20H20O5. The molecule has 0 amide bonds. The van der Waals surface area contributed by atoms with E-state index < -0.39 is 11.8 Å². The Morgan fingerprint density at radius 3 is 2.32 bits per heavy atom. The first kappa shape index (κ1) is 18.4. The Labute approximate surface area is 146 Å².